The molecule has 128 valence electrons. The van der Waals surface area contributed by atoms with Crippen LogP contribution in [0.1, 0.15) is 17.7 Å². The van der Waals surface area contributed by atoms with Crippen LogP contribution in [0.4, 0.5) is 5.13 Å². The molecular formula is C16H17ClN2O3S2. The van der Waals surface area contributed by atoms with Gasteiger partial charge in [0, 0.05) is 21.9 Å². The second-order valence-corrected chi connectivity index (χ2v) is 9.82. The summed E-state index contributed by atoms with van der Waals surface area (Å²) in [6, 6.07) is 7.38. The van der Waals surface area contributed by atoms with Gasteiger partial charge in [-0.3, -0.25) is 4.79 Å². The van der Waals surface area contributed by atoms with Gasteiger partial charge >= 0.3 is 0 Å². The Kier molecular flexibility index (Phi) is 4.94. The second-order valence-electron chi connectivity index (χ2n) is 5.95. The molecule has 1 aliphatic heterocycles. The molecule has 1 atom stereocenters. The van der Waals surface area contributed by atoms with E-state index in [-0.39, 0.29) is 29.8 Å². The predicted octanol–water partition coefficient (Wildman–Crippen LogP) is 3.54. The molecule has 0 bridgehead atoms. The van der Waals surface area contributed by atoms with Gasteiger partial charge in [-0.05, 0) is 31.4 Å². The summed E-state index contributed by atoms with van der Waals surface area (Å²) < 4.78 is 22.9. The number of benzene rings is 1. The standard InChI is InChI=1S/C16H17ClN2O3S2/c1-10-15(12-2-4-13(17)5-3-12)19-16(23-10)18-14(20)8-11-6-7-24(21,22)9-11/h2-5,11H,6-9H2,1H3,(H,18,19,20). The summed E-state index contributed by atoms with van der Waals surface area (Å²) >= 11 is 7.30. The lowest BCUT2D eigenvalue weighted by atomic mass is 10.1. The first-order valence-electron chi connectivity index (χ1n) is 7.56. The van der Waals surface area contributed by atoms with E-state index in [9.17, 15) is 13.2 Å². The first-order chi connectivity index (χ1) is 11.3. The Morgan fingerprint density at radius 2 is 2.08 bits per heavy atom. The van der Waals surface area contributed by atoms with Crippen LogP contribution < -0.4 is 5.32 Å². The summed E-state index contributed by atoms with van der Waals surface area (Å²) in [4.78, 5) is 17.6. The SMILES string of the molecule is Cc1sc(NC(=O)CC2CCS(=O)(=O)C2)nc1-c1ccc(Cl)cc1. The molecule has 1 saturated heterocycles. The molecule has 0 radical (unpaired) electrons. The average Bonchev–Trinajstić information content (AvgIpc) is 3.02. The minimum Gasteiger partial charge on any atom is -0.302 e. The summed E-state index contributed by atoms with van der Waals surface area (Å²) in [6.45, 7) is 1.95. The number of thiazole rings is 1. The van der Waals surface area contributed by atoms with Gasteiger partial charge in [-0.15, -0.1) is 11.3 Å². The van der Waals surface area contributed by atoms with Crippen LogP contribution in [0.5, 0.6) is 0 Å². The van der Waals surface area contributed by atoms with Crippen molar-refractivity contribution in [1.29, 1.82) is 0 Å². The average molecular weight is 385 g/mol. The molecule has 1 amide bonds. The van der Waals surface area contributed by atoms with Crippen molar-refractivity contribution in [3.05, 3.63) is 34.2 Å². The summed E-state index contributed by atoms with van der Waals surface area (Å²) in [5.41, 5.74) is 1.76. The van der Waals surface area contributed by atoms with Crippen LogP contribution in [0.15, 0.2) is 24.3 Å². The molecule has 24 heavy (non-hydrogen) atoms. The maximum Gasteiger partial charge on any atom is 0.226 e. The molecule has 0 aliphatic carbocycles. The fourth-order valence-corrected chi connectivity index (χ4v) is 5.63. The van der Waals surface area contributed by atoms with E-state index in [4.69, 9.17) is 11.6 Å². The zero-order chi connectivity index (χ0) is 17.3. The van der Waals surface area contributed by atoms with Crippen molar-refractivity contribution in [3.8, 4) is 11.3 Å². The summed E-state index contributed by atoms with van der Waals surface area (Å²) in [7, 11) is -2.96. The Hall–Kier alpha value is -1.44. The molecule has 2 heterocycles. The Morgan fingerprint density at radius 3 is 2.71 bits per heavy atom. The van der Waals surface area contributed by atoms with E-state index in [1.165, 1.54) is 11.3 Å². The Labute approximate surface area is 150 Å². The number of hydrogen-bond donors (Lipinski definition) is 1. The highest BCUT2D eigenvalue weighted by atomic mass is 35.5. The van der Waals surface area contributed by atoms with Gasteiger partial charge in [0.25, 0.3) is 0 Å². The fraction of sp³-hybridized carbons (Fsp3) is 0.375. The molecule has 1 unspecified atom stereocenters. The summed E-state index contributed by atoms with van der Waals surface area (Å²) in [5.74, 6) is 0.00957. The van der Waals surface area contributed by atoms with Crippen molar-refractivity contribution in [3.63, 3.8) is 0 Å². The zero-order valence-corrected chi connectivity index (χ0v) is 15.5. The van der Waals surface area contributed by atoms with E-state index < -0.39 is 9.84 Å². The van der Waals surface area contributed by atoms with Crippen LogP contribution in [-0.4, -0.2) is 30.8 Å². The fourth-order valence-electron chi connectivity index (χ4n) is 2.79. The van der Waals surface area contributed by atoms with Crippen LogP contribution in [-0.2, 0) is 14.6 Å². The van der Waals surface area contributed by atoms with Crippen molar-refractivity contribution in [2.24, 2.45) is 5.92 Å². The minimum absolute atomic E-state index is 0.0909. The number of carbonyl (C=O) groups is 1. The first kappa shape index (κ1) is 17.4. The number of halogens is 1. The lowest BCUT2D eigenvalue weighted by molar-refractivity contribution is -0.116. The number of anilines is 1. The third kappa shape index (κ3) is 4.15. The highest BCUT2D eigenvalue weighted by Gasteiger charge is 2.29. The number of aromatic nitrogens is 1. The molecule has 0 spiro atoms. The number of nitrogens with zero attached hydrogens (tertiary/aromatic N) is 1. The van der Waals surface area contributed by atoms with E-state index >= 15 is 0 Å². The van der Waals surface area contributed by atoms with Gasteiger partial charge in [-0.2, -0.15) is 0 Å². The molecule has 2 aromatic rings. The number of carbonyl (C=O) groups excluding carboxylic acids is 1. The van der Waals surface area contributed by atoms with Crippen LogP contribution in [0.2, 0.25) is 5.02 Å². The van der Waals surface area contributed by atoms with Gasteiger partial charge in [0.15, 0.2) is 15.0 Å². The van der Waals surface area contributed by atoms with Gasteiger partial charge in [-0.1, -0.05) is 23.7 Å². The molecule has 1 N–H and O–H groups in total. The molecule has 1 aromatic heterocycles. The van der Waals surface area contributed by atoms with Crippen molar-refractivity contribution in [2.45, 2.75) is 19.8 Å². The molecule has 8 heteroatoms. The number of sulfone groups is 1. The normalized spacial score (nSPS) is 19.3. The maximum atomic E-state index is 12.1. The van der Waals surface area contributed by atoms with Crippen molar-refractivity contribution < 1.29 is 13.2 Å². The van der Waals surface area contributed by atoms with Crippen LogP contribution >= 0.6 is 22.9 Å². The third-order valence-corrected chi connectivity index (χ3v) is 6.94. The molecule has 1 fully saturated rings. The van der Waals surface area contributed by atoms with E-state index in [0.29, 0.717) is 16.6 Å². The second kappa shape index (κ2) is 6.82. The van der Waals surface area contributed by atoms with Crippen LogP contribution in [0, 0.1) is 12.8 Å². The lowest BCUT2D eigenvalue weighted by Crippen LogP contribution is -2.17. The van der Waals surface area contributed by atoms with E-state index in [2.05, 4.69) is 10.3 Å². The third-order valence-electron chi connectivity index (χ3n) is 3.96. The van der Waals surface area contributed by atoms with Gasteiger partial charge < -0.3 is 5.32 Å². The maximum absolute atomic E-state index is 12.1. The number of hydrogen-bond acceptors (Lipinski definition) is 5. The Morgan fingerprint density at radius 1 is 1.38 bits per heavy atom. The topological polar surface area (TPSA) is 76.1 Å². The van der Waals surface area contributed by atoms with Gasteiger partial charge in [-0.25, -0.2) is 13.4 Å². The Balaban J connectivity index is 1.67. The van der Waals surface area contributed by atoms with E-state index in [1.807, 2.05) is 19.1 Å². The lowest BCUT2D eigenvalue weighted by Gasteiger charge is -2.06. The van der Waals surface area contributed by atoms with Crippen molar-refractivity contribution in [2.75, 3.05) is 16.8 Å². The van der Waals surface area contributed by atoms with E-state index in [0.717, 1.165) is 16.1 Å². The summed E-state index contributed by atoms with van der Waals surface area (Å²) in [6.07, 6.45) is 0.775. The zero-order valence-electron chi connectivity index (χ0n) is 13.1. The van der Waals surface area contributed by atoms with Gasteiger partial charge in [0.1, 0.15) is 0 Å². The van der Waals surface area contributed by atoms with Crippen LogP contribution in [0.3, 0.4) is 0 Å². The van der Waals surface area contributed by atoms with Gasteiger partial charge in [0.2, 0.25) is 5.91 Å². The highest BCUT2D eigenvalue weighted by molar-refractivity contribution is 7.91. The van der Waals surface area contributed by atoms with Crippen molar-refractivity contribution >= 4 is 43.8 Å². The van der Waals surface area contributed by atoms with Gasteiger partial charge in [0.05, 0.1) is 17.2 Å². The summed E-state index contributed by atoms with van der Waals surface area (Å²) in [5, 5.41) is 3.98. The number of rotatable bonds is 4. The molecule has 3 rings (SSSR count). The number of aryl methyl sites for hydroxylation is 1. The smallest absolute Gasteiger partial charge is 0.226 e. The largest absolute Gasteiger partial charge is 0.302 e. The highest BCUT2D eigenvalue weighted by Crippen LogP contribution is 2.31. The predicted molar refractivity (Wildman–Crippen MR) is 97.3 cm³/mol. The minimum atomic E-state index is -2.96. The molecule has 0 saturated carbocycles. The first-order valence-corrected chi connectivity index (χ1v) is 10.6. The monoisotopic (exact) mass is 384 g/mol. The molecule has 1 aromatic carbocycles. The molecular weight excluding hydrogens is 368 g/mol. The van der Waals surface area contributed by atoms with Crippen LogP contribution in [0.25, 0.3) is 11.3 Å². The Bertz CT molecular complexity index is 860. The number of nitrogens with one attached hydrogen (secondary N) is 1. The molecule has 5 nitrogen and oxygen atoms in total. The quantitative estimate of drug-likeness (QED) is 0.874. The van der Waals surface area contributed by atoms with Crippen molar-refractivity contribution in [1.82, 2.24) is 4.98 Å². The molecule has 1 aliphatic rings. The number of amides is 1. The van der Waals surface area contributed by atoms with E-state index in [1.54, 1.807) is 12.1 Å².